The summed E-state index contributed by atoms with van der Waals surface area (Å²) < 4.78 is 39.9. The van der Waals surface area contributed by atoms with Crippen molar-refractivity contribution in [2.24, 2.45) is 22.0 Å². The lowest BCUT2D eigenvalue weighted by Crippen LogP contribution is -2.20. The van der Waals surface area contributed by atoms with Crippen LogP contribution in [0.1, 0.15) is 52.5 Å². The third-order valence-electron chi connectivity index (χ3n) is 9.20. The second-order valence-electron chi connectivity index (χ2n) is 12.9. The molecule has 2 fully saturated rings. The number of nitrogens with one attached hydrogen (secondary N) is 2. The highest BCUT2D eigenvalue weighted by molar-refractivity contribution is 6.35. The highest BCUT2D eigenvalue weighted by atomic mass is 35.5. The van der Waals surface area contributed by atoms with Gasteiger partial charge in [-0.1, -0.05) is 84.4 Å². The molecule has 2 aliphatic rings. The van der Waals surface area contributed by atoms with Crippen molar-refractivity contribution < 1.29 is 22.8 Å². The minimum absolute atomic E-state index is 0.00365. The van der Waals surface area contributed by atoms with Crippen molar-refractivity contribution in [2.45, 2.75) is 30.9 Å². The molecule has 2 amide bonds. The number of hydrazone groups is 2. The van der Waals surface area contributed by atoms with Gasteiger partial charge in [0.1, 0.15) is 0 Å². The number of benzene rings is 4. The lowest BCUT2D eigenvalue weighted by molar-refractivity contribution is -0.136. The summed E-state index contributed by atoms with van der Waals surface area (Å²) in [6, 6.07) is 33.0. The first-order valence-electron chi connectivity index (χ1n) is 16.9. The van der Waals surface area contributed by atoms with E-state index in [9.17, 15) is 22.8 Å². The average Bonchev–Trinajstić information content (AvgIpc) is 4.10. The highest BCUT2D eigenvalue weighted by Crippen LogP contribution is 2.48. The van der Waals surface area contributed by atoms with E-state index in [1.807, 2.05) is 66.7 Å². The molecule has 8 rings (SSSR count). The summed E-state index contributed by atoms with van der Waals surface area (Å²) in [5.41, 5.74) is 8.25. The number of hydrogen-bond acceptors (Lipinski definition) is 6. The Morgan fingerprint density at radius 3 is 1.64 bits per heavy atom. The predicted octanol–water partition coefficient (Wildman–Crippen LogP) is 8.65. The number of carbonyl (C=O) groups excluding carboxylic acids is 2. The van der Waals surface area contributed by atoms with E-state index in [4.69, 9.17) is 11.6 Å². The molecule has 0 bridgehead atoms. The van der Waals surface area contributed by atoms with Crippen molar-refractivity contribution in [3.8, 4) is 0 Å². The van der Waals surface area contributed by atoms with Gasteiger partial charge in [-0.15, -0.1) is 0 Å². The Balaban J connectivity index is 0.000000165. The number of aromatic nitrogens is 2. The summed E-state index contributed by atoms with van der Waals surface area (Å²) in [7, 11) is 0. The van der Waals surface area contributed by atoms with Gasteiger partial charge in [0.25, 0.3) is 0 Å². The maximum atomic E-state index is 13.3. The number of halogens is 4. The Kier molecular flexibility index (Phi) is 10.3. The minimum atomic E-state index is -4.53. The Morgan fingerprint density at radius 1 is 0.660 bits per heavy atom. The standard InChI is InChI=1S/C21H16F3N3O.C20H16ClN3O/c22-21(23,24)18-10-13(9-15-7-4-8-25-19(15)18)12-26-27-20(28)17-11-16(17)14-5-2-1-3-6-14;21-18-10-13(9-15-7-4-8-22-19(15)18)12-23-24-20(25)17-11-16(17)14-5-2-1-3-6-14/h1-10,12,16-17H,11H2,(H,27,28);1-10,12,16-17H,11H2,(H,24,25). The molecule has 0 radical (unpaired) electrons. The molecule has 2 saturated carbocycles. The molecule has 8 nitrogen and oxygen atoms in total. The van der Waals surface area contributed by atoms with E-state index >= 15 is 0 Å². The van der Waals surface area contributed by atoms with Crippen molar-refractivity contribution in [2.75, 3.05) is 0 Å². The van der Waals surface area contributed by atoms with E-state index in [1.54, 1.807) is 36.7 Å². The first-order chi connectivity index (χ1) is 25.7. The summed E-state index contributed by atoms with van der Waals surface area (Å²) >= 11 is 6.24. The fraction of sp³-hybridized carbons (Fsp3) is 0.171. The Morgan fingerprint density at radius 2 is 1.13 bits per heavy atom. The van der Waals surface area contributed by atoms with Gasteiger partial charge in [0.15, 0.2) is 0 Å². The van der Waals surface area contributed by atoms with Crippen molar-refractivity contribution in [1.82, 2.24) is 20.8 Å². The quantitative estimate of drug-likeness (QED) is 0.121. The SMILES string of the molecule is O=C(NN=Cc1cc(C(F)(F)F)c2ncccc2c1)C1CC1c1ccccc1.O=C(NN=Cc1cc(Cl)c2ncccc2c1)C1CC1c1ccccc1. The van der Waals surface area contributed by atoms with Crippen LogP contribution in [0.4, 0.5) is 13.2 Å². The van der Waals surface area contributed by atoms with E-state index in [0.29, 0.717) is 16.3 Å². The monoisotopic (exact) mass is 732 g/mol. The molecule has 6 aromatic rings. The van der Waals surface area contributed by atoms with Crippen LogP contribution in [0.3, 0.4) is 0 Å². The van der Waals surface area contributed by atoms with Crippen LogP contribution >= 0.6 is 11.6 Å². The Labute approximate surface area is 307 Å². The summed E-state index contributed by atoms with van der Waals surface area (Å²) in [6.07, 6.45) is 2.95. The molecule has 0 aliphatic heterocycles. The van der Waals surface area contributed by atoms with Crippen molar-refractivity contribution >= 4 is 57.7 Å². The third kappa shape index (κ3) is 8.58. The Bertz CT molecular complexity index is 2340. The second-order valence-corrected chi connectivity index (χ2v) is 13.3. The molecule has 12 heteroatoms. The van der Waals surface area contributed by atoms with Gasteiger partial charge in [-0.2, -0.15) is 23.4 Å². The van der Waals surface area contributed by atoms with Gasteiger partial charge in [0, 0.05) is 35.0 Å². The first-order valence-corrected chi connectivity index (χ1v) is 17.3. The maximum absolute atomic E-state index is 13.3. The van der Waals surface area contributed by atoms with Crippen molar-refractivity contribution in [1.29, 1.82) is 0 Å². The number of rotatable bonds is 8. The van der Waals surface area contributed by atoms with Crippen LogP contribution in [0.5, 0.6) is 0 Å². The van der Waals surface area contributed by atoms with Crippen molar-refractivity contribution in [3.05, 3.63) is 154 Å². The normalized spacial score (nSPS) is 19.2. The van der Waals surface area contributed by atoms with Gasteiger partial charge in [0.2, 0.25) is 11.8 Å². The molecule has 4 unspecified atom stereocenters. The van der Waals surface area contributed by atoms with Crippen LogP contribution < -0.4 is 10.9 Å². The van der Waals surface area contributed by atoms with Gasteiger partial charge >= 0.3 is 6.18 Å². The zero-order valence-corrected chi connectivity index (χ0v) is 28.8. The van der Waals surface area contributed by atoms with Gasteiger partial charge in [-0.3, -0.25) is 19.6 Å². The van der Waals surface area contributed by atoms with E-state index in [0.717, 1.165) is 40.9 Å². The summed E-state index contributed by atoms with van der Waals surface area (Å²) in [4.78, 5) is 32.5. The molecule has 2 aromatic heterocycles. The molecular weight excluding hydrogens is 701 g/mol. The lowest BCUT2D eigenvalue weighted by Gasteiger charge is -2.10. The van der Waals surface area contributed by atoms with E-state index in [2.05, 4.69) is 43.2 Å². The number of pyridine rings is 2. The molecule has 0 saturated heterocycles. The minimum Gasteiger partial charge on any atom is -0.273 e. The molecule has 2 aliphatic carbocycles. The largest absolute Gasteiger partial charge is 0.418 e. The average molecular weight is 733 g/mol. The molecule has 53 heavy (non-hydrogen) atoms. The number of fused-ring (bicyclic) bond motifs is 2. The van der Waals surface area contributed by atoms with E-state index in [1.165, 1.54) is 18.0 Å². The number of hydrogen-bond donors (Lipinski definition) is 2. The fourth-order valence-corrected chi connectivity index (χ4v) is 6.65. The molecule has 0 spiro atoms. The molecule has 266 valence electrons. The fourth-order valence-electron chi connectivity index (χ4n) is 6.36. The number of nitrogens with zero attached hydrogens (tertiary/aromatic N) is 4. The maximum Gasteiger partial charge on any atom is 0.418 e. The van der Waals surface area contributed by atoms with Crippen LogP contribution in [0.2, 0.25) is 5.02 Å². The van der Waals surface area contributed by atoms with E-state index in [-0.39, 0.29) is 40.6 Å². The highest BCUT2D eigenvalue weighted by Gasteiger charge is 2.44. The first kappa shape index (κ1) is 35.5. The predicted molar refractivity (Wildman–Crippen MR) is 200 cm³/mol. The number of carbonyl (C=O) groups is 2. The van der Waals surface area contributed by atoms with Gasteiger partial charge < -0.3 is 0 Å². The summed E-state index contributed by atoms with van der Waals surface area (Å²) in [6.45, 7) is 0. The molecule has 2 N–H and O–H groups in total. The summed E-state index contributed by atoms with van der Waals surface area (Å²) in [5.74, 6) is 0.0369. The second kappa shape index (κ2) is 15.3. The topological polar surface area (TPSA) is 109 Å². The van der Waals surface area contributed by atoms with Crippen LogP contribution in [0.25, 0.3) is 21.8 Å². The van der Waals surface area contributed by atoms with Crippen LogP contribution in [0.15, 0.2) is 132 Å². The number of amides is 2. The zero-order chi connectivity index (χ0) is 37.0. The van der Waals surface area contributed by atoms with Crippen LogP contribution in [0, 0.1) is 11.8 Å². The van der Waals surface area contributed by atoms with Crippen LogP contribution in [-0.2, 0) is 15.8 Å². The van der Waals surface area contributed by atoms with Crippen LogP contribution in [-0.4, -0.2) is 34.2 Å². The van der Waals surface area contributed by atoms with Gasteiger partial charge in [-0.05, 0) is 83.3 Å². The molecular formula is C41H32ClF3N6O2. The third-order valence-corrected chi connectivity index (χ3v) is 9.49. The van der Waals surface area contributed by atoms with Crippen molar-refractivity contribution in [3.63, 3.8) is 0 Å². The van der Waals surface area contributed by atoms with Gasteiger partial charge in [-0.25, -0.2) is 10.9 Å². The lowest BCUT2D eigenvalue weighted by atomic mass is 10.1. The zero-order valence-electron chi connectivity index (χ0n) is 28.0. The van der Waals surface area contributed by atoms with Gasteiger partial charge in [0.05, 0.1) is 34.0 Å². The molecule has 4 aromatic carbocycles. The molecule has 2 heterocycles. The summed E-state index contributed by atoms with van der Waals surface area (Å²) in [5, 5.41) is 9.79. The molecule has 4 atom stereocenters. The van der Waals surface area contributed by atoms with E-state index < -0.39 is 11.7 Å². The number of alkyl halides is 3. The smallest absolute Gasteiger partial charge is 0.273 e. The Hall–Kier alpha value is -5.94.